The monoisotopic (exact) mass is 304 g/mol. The fraction of sp³-hybridized carbons (Fsp3) is 0.538. The van der Waals surface area contributed by atoms with Gasteiger partial charge in [-0.25, -0.2) is 0 Å². The van der Waals surface area contributed by atoms with Crippen molar-refractivity contribution in [3.8, 4) is 17.2 Å². The molecule has 0 saturated heterocycles. The van der Waals surface area contributed by atoms with E-state index in [2.05, 4.69) is 0 Å². The number of hydrogen-bond acceptors (Lipinski definition) is 6. The van der Waals surface area contributed by atoms with Crippen molar-refractivity contribution < 1.29 is 28.2 Å². The van der Waals surface area contributed by atoms with Crippen LogP contribution in [-0.4, -0.2) is 32.5 Å². The van der Waals surface area contributed by atoms with Gasteiger partial charge in [-0.2, -0.15) is 0 Å². The van der Waals surface area contributed by atoms with Crippen LogP contribution in [0.3, 0.4) is 0 Å². The summed E-state index contributed by atoms with van der Waals surface area (Å²) in [6.07, 6.45) is 0.0850. The lowest BCUT2D eigenvalue weighted by atomic mass is 10.2. The third kappa shape index (κ3) is 4.13. The molecule has 0 aliphatic carbocycles. The van der Waals surface area contributed by atoms with Crippen LogP contribution in [0.15, 0.2) is 12.1 Å². The SMILES string of the molecule is CCOP(=O)(Cc1cc(OC)c(O)c(OC)c1)OCC. The first-order chi connectivity index (χ1) is 9.49. The molecule has 0 unspecified atom stereocenters. The van der Waals surface area contributed by atoms with Gasteiger partial charge in [-0.05, 0) is 31.5 Å². The molecule has 114 valence electrons. The van der Waals surface area contributed by atoms with Gasteiger partial charge in [0, 0.05) is 0 Å². The molecule has 0 atom stereocenters. The van der Waals surface area contributed by atoms with Gasteiger partial charge in [0.05, 0.1) is 33.6 Å². The second-order valence-corrected chi connectivity index (χ2v) is 6.01. The van der Waals surface area contributed by atoms with E-state index in [4.69, 9.17) is 18.5 Å². The van der Waals surface area contributed by atoms with Crippen LogP contribution in [-0.2, 0) is 19.8 Å². The second-order valence-electron chi connectivity index (χ2n) is 3.95. The highest BCUT2D eigenvalue weighted by molar-refractivity contribution is 7.53. The van der Waals surface area contributed by atoms with E-state index >= 15 is 0 Å². The number of ether oxygens (including phenoxy) is 2. The van der Waals surface area contributed by atoms with Crippen molar-refractivity contribution in [2.24, 2.45) is 0 Å². The van der Waals surface area contributed by atoms with Crippen LogP contribution in [0.5, 0.6) is 17.2 Å². The molecule has 0 spiro atoms. The van der Waals surface area contributed by atoms with E-state index in [1.165, 1.54) is 14.2 Å². The summed E-state index contributed by atoms with van der Waals surface area (Å²) < 4.78 is 33.1. The topological polar surface area (TPSA) is 74.2 Å². The number of rotatable bonds is 8. The molecular formula is C13H21O6P. The third-order valence-electron chi connectivity index (χ3n) is 2.57. The molecule has 0 amide bonds. The molecule has 0 bridgehead atoms. The predicted octanol–water partition coefficient (Wildman–Crippen LogP) is 3.18. The Morgan fingerprint density at radius 1 is 1.05 bits per heavy atom. The van der Waals surface area contributed by atoms with E-state index in [1.54, 1.807) is 26.0 Å². The number of aromatic hydroxyl groups is 1. The lowest BCUT2D eigenvalue weighted by molar-refractivity contribution is 0.219. The van der Waals surface area contributed by atoms with E-state index in [1.807, 2.05) is 0 Å². The van der Waals surface area contributed by atoms with Crippen molar-refractivity contribution in [1.82, 2.24) is 0 Å². The molecule has 1 aromatic rings. The Morgan fingerprint density at radius 3 is 1.85 bits per heavy atom. The van der Waals surface area contributed by atoms with Crippen molar-refractivity contribution in [3.05, 3.63) is 17.7 Å². The molecule has 7 heteroatoms. The third-order valence-corrected chi connectivity index (χ3v) is 4.62. The Hall–Kier alpha value is -1.23. The maximum Gasteiger partial charge on any atom is 0.335 e. The van der Waals surface area contributed by atoms with Gasteiger partial charge >= 0.3 is 7.60 Å². The standard InChI is InChI=1S/C13H21O6P/c1-5-18-20(15,19-6-2)9-10-7-11(16-3)13(14)12(8-10)17-4/h7-8,14H,5-6,9H2,1-4H3. The summed E-state index contributed by atoms with van der Waals surface area (Å²) in [5.74, 6) is 0.402. The van der Waals surface area contributed by atoms with Crippen LogP contribution in [0.4, 0.5) is 0 Å². The van der Waals surface area contributed by atoms with Crippen molar-refractivity contribution >= 4 is 7.60 Å². The van der Waals surface area contributed by atoms with Crippen LogP contribution < -0.4 is 9.47 Å². The average Bonchev–Trinajstić information content (AvgIpc) is 2.40. The molecule has 1 N–H and O–H groups in total. The summed E-state index contributed by atoms with van der Waals surface area (Å²) in [5.41, 5.74) is 0.640. The Labute approximate surface area is 119 Å². The van der Waals surface area contributed by atoms with Gasteiger partial charge in [-0.15, -0.1) is 0 Å². The van der Waals surface area contributed by atoms with E-state index in [-0.39, 0.29) is 23.4 Å². The van der Waals surface area contributed by atoms with Crippen LogP contribution in [0.1, 0.15) is 19.4 Å². The minimum atomic E-state index is -3.21. The van der Waals surface area contributed by atoms with Crippen molar-refractivity contribution in [1.29, 1.82) is 0 Å². The van der Waals surface area contributed by atoms with Gasteiger partial charge in [-0.1, -0.05) is 0 Å². The predicted molar refractivity (Wildman–Crippen MR) is 75.8 cm³/mol. The van der Waals surface area contributed by atoms with Crippen molar-refractivity contribution in [2.75, 3.05) is 27.4 Å². The molecule has 1 aromatic carbocycles. The van der Waals surface area contributed by atoms with Gasteiger partial charge in [0.15, 0.2) is 11.5 Å². The minimum Gasteiger partial charge on any atom is -0.502 e. The first kappa shape index (κ1) is 16.8. The smallest absolute Gasteiger partial charge is 0.335 e. The molecule has 0 heterocycles. The van der Waals surface area contributed by atoms with E-state index in [0.717, 1.165) is 0 Å². The zero-order valence-electron chi connectivity index (χ0n) is 12.2. The Balaban J connectivity index is 3.09. The largest absolute Gasteiger partial charge is 0.502 e. The van der Waals surface area contributed by atoms with Gasteiger partial charge in [0.25, 0.3) is 0 Å². The number of phenols is 1. The molecule has 0 aromatic heterocycles. The van der Waals surface area contributed by atoms with E-state index in [9.17, 15) is 9.67 Å². The Morgan fingerprint density at radius 2 is 1.50 bits per heavy atom. The van der Waals surface area contributed by atoms with Crippen LogP contribution >= 0.6 is 7.60 Å². The highest BCUT2D eigenvalue weighted by Gasteiger charge is 2.25. The average molecular weight is 304 g/mol. The number of methoxy groups -OCH3 is 2. The summed E-state index contributed by atoms with van der Waals surface area (Å²) in [4.78, 5) is 0. The zero-order chi connectivity index (χ0) is 15.2. The molecule has 0 saturated carbocycles. The van der Waals surface area contributed by atoms with E-state index in [0.29, 0.717) is 18.8 Å². The molecule has 20 heavy (non-hydrogen) atoms. The summed E-state index contributed by atoms with van der Waals surface area (Å²) >= 11 is 0. The molecular weight excluding hydrogens is 283 g/mol. The van der Waals surface area contributed by atoms with Crippen molar-refractivity contribution in [3.63, 3.8) is 0 Å². The second kappa shape index (κ2) is 7.53. The first-order valence-corrected chi connectivity index (χ1v) is 8.04. The summed E-state index contributed by atoms with van der Waals surface area (Å²) in [7, 11) is -0.343. The summed E-state index contributed by atoms with van der Waals surface area (Å²) in [6, 6.07) is 3.17. The van der Waals surface area contributed by atoms with Gasteiger partial charge in [0.1, 0.15) is 0 Å². The van der Waals surface area contributed by atoms with Crippen LogP contribution in [0.2, 0.25) is 0 Å². The highest BCUT2D eigenvalue weighted by atomic mass is 31.2. The van der Waals surface area contributed by atoms with Crippen LogP contribution in [0.25, 0.3) is 0 Å². The summed E-state index contributed by atoms with van der Waals surface area (Å²) in [5, 5.41) is 9.84. The quantitative estimate of drug-likeness (QED) is 0.744. The normalized spacial score (nSPS) is 11.4. The number of hydrogen-bond donors (Lipinski definition) is 1. The maximum absolute atomic E-state index is 12.5. The Kier molecular flexibility index (Phi) is 6.33. The zero-order valence-corrected chi connectivity index (χ0v) is 13.1. The maximum atomic E-state index is 12.5. The summed E-state index contributed by atoms with van der Waals surface area (Å²) in [6.45, 7) is 4.10. The highest BCUT2D eigenvalue weighted by Crippen LogP contribution is 2.52. The lowest BCUT2D eigenvalue weighted by Gasteiger charge is -2.18. The molecule has 6 nitrogen and oxygen atoms in total. The Bertz CT molecular complexity index is 453. The minimum absolute atomic E-state index is 0.0850. The van der Waals surface area contributed by atoms with Gasteiger partial charge < -0.3 is 23.6 Å². The lowest BCUT2D eigenvalue weighted by Crippen LogP contribution is -2.00. The van der Waals surface area contributed by atoms with E-state index < -0.39 is 7.60 Å². The van der Waals surface area contributed by atoms with Gasteiger partial charge in [-0.3, -0.25) is 4.57 Å². The fourth-order valence-corrected chi connectivity index (χ4v) is 3.46. The molecule has 0 aliphatic heterocycles. The van der Waals surface area contributed by atoms with Crippen LogP contribution in [0, 0.1) is 0 Å². The molecule has 0 radical (unpaired) electrons. The molecule has 0 fully saturated rings. The first-order valence-electron chi connectivity index (χ1n) is 6.31. The van der Waals surface area contributed by atoms with Gasteiger partial charge in [0.2, 0.25) is 5.75 Å². The van der Waals surface area contributed by atoms with Crippen molar-refractivity contribution in [2.45, 2.75) is 20.0 Å². The molecule has 0 aliphatic rings. The fourth-order valence-electron chi connectivity index (χ4n) is 1.78. The number of phenolic OH excluding ortho intramolecular Hbond substituents is 1. The number of benzene rings is 1. The molecule has 1 rings (SSSR count).